The van der Waals surface area contributed by atoms with Crippen molar-refractivity contribution in [3.05, 3.63) is 101 Å². The molecule has 3 aromatic carbocycles. The van der Waals surface area contributed by atoms with E-state index in [9.17, 15) is 22.4 Å². The number of hydrogen-bond donors (Lipinski definition) is 2. The quantitative estimate of drug-likeness (QED) is 0.473. The number of benzene rings is 3. The van der Waals surface area contributed by atoms with Crippen molar-refractivity contribution in [1.29, 1.82) is 0 Å². The van der Waals surface area contributed by atoms with E-state index in [0.29, 0.717) is 12.0 Å². The molecule has 3 aromatic rings. The van der Waals surface area contributed by atoms with Gasteiger partial charge in [-0.3, -0.25) is 9.59 Å². The normalized spacial score (nSPS) is 19.5. The van der Waals surface area contributed by atoms with Gasteiger partial charge in [-0.15, -0.1) is 0 Å². The molecule has 4 rings (SSSR count). The Morgan fingerprint density at radius 1 is 0.944 bits per heavy atom. The third kappa shape index (κ3) is 5.71. The molecule has 6 nitrogen and oxygen atoms in total. The molecule has 1 amide bonds. The van der Waals surface area contributed by atoms with Crippen molar-refractivity contribution >= 4 is 21.7 Å². The Balaban J connectivity index is 1.55. The Morgan fingerprint density at radius 2 is 1.56 bits per heavy atom. The maximum absolute atomic E-state index is 13.6. The summed E-state index contributed by atoms with van der Waals surface area (Å²) in [5.41, 5.74) is 0.138. The van der Waals surface area contributed by atoms with Gasteiger partial charge in [-0.05, 0) is 74.7 Å². The van der Waals surface area contributed by atoms with Gasteiger partial charge < -0.3 is 5.32 Å². The van der Waals surface area contributed by atoms with Crippen LogP contribution >= 0.6 is 0 Å². The molecule has 0 heterocycles. The van der Waals surface area contributed by atoms with E-state index in [1.807, 2.05) is 30.3 Å². The van der Waals surface area contributed by atoms with Crippen LogP contribution in [0.1, 0.15) is 54.6 Å². The van der Waals surface area contributed by atoms with E-state index in [4.69, 9.17) is 0 Å². The number of halogens is 1. The van der Waals surface area contributed by atoms with Crippen molar-refractivity contribution in [3.63, 3.8) is 0 Å². The molecule has 8 heteroatoms. The standard InChI is InChI=1S/C28H29FN2O4S/c1-27(2,3)31-36(34,35)23-15-9-19(10-16-23)17-25(32)28(18-24(28)20-7-5-4-6-8-20)30-26(33)21-11-13-22(29)14-12-21/h4-16,24,31H,17-18H2,1-3H3,(H,30,33)/t24-,28+/m0/s1. The molecule has 0 spiro atoms. The first-order chi connectivity index (χ1) is 16.9. The Hall–Kier alpha value is -3.36. The minimum absolute atomic E-state index is 0.0278. The van der Waals surface area contributed by atoms with E-state index >= 15 is 0 Å². The third-order valence-corrected chi connectivity index (χ3v) is 7.92. The summed E-state index contributed by atoms with van der Waals surface area (Å²) in [7, 11) is -3.69. The summed E-state index contributed by atoms with van der Waals surface area (Å²) in [5.74, 6) is -1.26. The van der Waals surface area contributed by atoms with Crippen molar-refractivity contribution in [2.75, 3.05) is 0 Å². The molecule has 1 fully saturated rings. The lowest BCUT2D eigenvalue weighted by atomic mass is 9.97. The van der Waals surface area contributed by atoms with Crippen LogP contribution in [-0.2, 0) is 21.2 Å². The summed E-state index contributed by atoms with van der Waals surface area (Å²) < 4.78 is 41.1. The molecule has 0 unspecified atom stereocenters. The first-order valence-electron chi connectivity index (χ1n) is 11.7. The highest BCUT2D eigenvalue weighted by Crippen LogP contribution is 2.52. The van der Waals surface area contributed by atoms with Gasteiger partial charge in [0.15, 0.2) is 5.78 Å². The summed E-state index contributed by atoms with van der Waals surface area (Å²) >= 11 is 0. The van der Waals surface area contributed by atoms with Gasteiger partial charge in [0.2, 0.25) is 10.0 Å². The lowest BCUT2D eigenvalue weighted by Crippen LogP contribution is -2.45. The van der Waals surface area contributed by atoms with Crippen LogP contribution in [-0.4, -0.2) is 31.2 Å². The molecule has 1 aliphatic rings. The monoisotopic (exact) mass is 508 g/mol. The van der Waals surface area contributed by atoms with Crippen LogP contribution in [0.2, 0.25) is 0 Å². The minimum atomic E-state index is -3.69. The zero-order valence-corrected chi connectivity index (χ0v) is 21.2. The fourth-order valence-electron chi connectivity index (χ4n) is 4.33. The number of amides is 1. The Bertz CT molecular complexity index is 1370. The van der Waals surface area contributed by atoms with Crippen LogP contribution < -0.4 is 10.0 Å². The van der Waals surface area contributed by atoms with Gasteiger partial charge in [0.25, 0.3) is 5.91 Å². The van der Waals surface area contributed by atoms with E-state index < -0.39 is 32.8 Å². The molecule has 2 N–H and O–H groups in total. The second kappa shape index (κ2) is 9.59. The summed E-state index contributed by atoms with van der Waals surface area (Å²) in [6, 6.07) is 20.9. The Morgan fingerprint density at radius 3 is 2.14 bits per heavy atom. The van der Waals surface area contributed by atoms with Crippen molar-refractivity contribution < 1.29 is 22.4 Å². The molecule has 1 saturated carbocycles. The van der Waals surface area contributed by atoms with Gasteiger partial charge in [-0.25, -0.2) is 17.5 Å². The second-order valence-corrected chi connectivity index (χ2v) is 11.9. The van der Waals surface area contributed by atoms with Crippen LogP contribution in [0.5, 0.6) is 0 Å². The van der Waals surface area contributed by atoms with E-state index in [1.165, 1.54) is 36.4 Å². The van der Waals surface area contributed by atoms with Gasteiger partial charge in [-0.2, -0.15) is 0 Å². The van der Waals surface area contributed by atoms with Crippen LogP contribution in [0.3, 0.4) is 0 Å². The molecule has 1 aliphatic carbocycles. The first kappa shape index (κ1) is 25.7. The minimum Gasteiger partial charge on any atom is -0.339 e. The Kier molecular flexibility index (Phi) is 6.86. The molecule has 2 atom stereocenters. The molecule has 0 bridgehead atoms. The average molecular weight is 509 g/mol. The van der Waals surface area contributed by atoms with Gasteiger partial charge in [0.1, 0.15) is 11.4 Å². The van der Waals surface area contributed by atoms with Gasteiger partial charge in [-0.1, -0.05) is 42.5 Å². The molecule has 36 heavy (non-hydrogen) atoms. The summed E-state index contributed by atoms with van der Waals surface area (Å²) in [4.78, 5) is 26.6. The number of rotatable bonds is 8. The highest BCUT2D eigenvalue weighted by atomic mass is 32.2. The number of Topliss-reactive ketones (excluding diaryl/α,β-unsaturated/α-hetero) is 1. The predicted octanol–water partition coefficient (Wildman–Crippen LogP) is 4.37. The smallest absolute Gasteiger partial charge is 0.252 e. The zero-order chi connectivity index (χ0) is 26.1. The summed E-state index contributed by atoms with van der Waals surface area (Å²) in [6.07, 6.45) is 0.477. The van der Waals surface area contributed by atoms with Gasteiger partial charge >= 0.3 is 0 Å². The number of carbonyl (C=O) groups excluding carboxylic acids is 2. The predicted molar refractivity (Wildman–Crippen MR) is 136 cm³/mol. The second-order valence-electron chi connectivity index (χ2n) is 10.2. The molecule has 188 valence electrons. The molecular weight excluding hydrogens is 479 g/mol. The lowest BCUT2D eigenvalue weighted by Gasteiger charge is -2.21. The van der Waals surface area contributed by atoms with E-state index in [2.05, 4.69) is 10.0 Å². The fourth-order valence-corrected chi connectivity index (χ4v) is 5.75. The first-order valence-corrected chi connectivity index (χ1v) is 13.2. The zero-order valence-electron chi connectivity index (χ0n) is 20.4. The highest BCUT2D eigenvalue weighted by molar-refractivity contribution is 7.89. The maximum Gasteiger partial charge on any atom is 0.252 e. The number of hydrogen-bond acceptors (Lipinski definition) is 4. The molecule has 0 aromatic heterocycles. The van der Waals surface area contributed by atoms with Crippen LogP contribution in [0.15, 0.2) is 83.8 Å². The number of carbonyl (C=O) groups is 2. The van der Waals surface area contributed by atoms with Crippen LogP contribution in [0.4, 0.5) is 4.39 Å². The maximum atomic E-state index is 13.6. The lowest BCUT2D eigenvalue weighted by molar-refractivity contribution is -0.121. The van der Waals surface area contributed by atoms with E-state index in [-0.39, 0.29) is 28.6 Å². The van der Waals surface area contributed by atoms with E-state index in [0.717, 1.165) is 5.56 Å². The van der Waals surface area contributed by atoms with Crippen molar-refractivity contribution in [1.82, 2.24) is 10.0 Å². The number of nitrogens with one attached hydrogen (secondary N) is 2. The number of ketones is 1. The summed E-state index contributed by atoms with van der Waals surface area (Å²) in [5, 5.41) is 2.92. The third-order valence-electron chi connectivity index (χ3n) is 6.14. The fraction of sp³-hybridized carbons (Fsp3) is 0.286. The summed E-state index contributed by atoms with van der Waals surface area (Å²) in [6.45, 7) is 5.28. The molecular formula is C28H29FN2O4S. The van der Waals surface area contributed by atoms with Crippen molar-refractivity contribution in [2.24, 2.45) is 0 Å². The molecule has 0 saturated heterocycles. The van der Waals surface area contributed by atoms with E-state index in [1.54, 1.807) is 32.9 Å². The van der Waals surface area contributed by atoms with Gasteiger partial charge in [0.05, 0.1) is 4.90 Å². The van der Waals surface area contributed by atoms with Crippen molar-refractivity contribution in [2.45, 2.75) is 55.5 Å². The SMILES string of the molecule is CC(C)(C)NS(=O)(=O)c1ccc(CC(=O)[C@@]2(NC(=O)c3ccc(F)cc3)C[C@H]2c2ccccc2)cc1. The van der Waals surface area contributed by atoms with Crippen LogP contribution in [0.25, 0.3) is 0 Å². The average Bonchev–Trinajstić information content (AvgIpc) is 3.54. The van der Waals surface area contributed by atoms with Crippen molar-refractivity contribution in [3.8, 4) is 0 Å². The Labute approximate surface area is 211 Å². The van der Waals surface area contributed by atoms with Gasteiger partial charge in [0, 0.05) is 23.4 Å². The topological polar surface area (TPSA) is 92.3 Å². The molecule has 0 radical (unpaired) electrons. The number of sulfonamides is 1. The van der Waals surface area contributed by atoms with Crippen LogP contribution in [0, 0.1) is 5.82 Å². The highest BCUT2D eigenvalue weighted by Gasteiger charge is 2.60. The largest absolute Gasteiger partial charge is 0.339 e. The molecule has 0 aliphatic heterocycles.